The number of benzene rings is 1. The Morgan fingerprint density at radius 1 is 1.47 bits per heavy atom. The highest BCUT2D eigenvalue weighted by molar-refractivity contribution is 5.74. The van der Waals surface area contributed by atoms with Crippen molar-refractivity contribution in [3.05, 3.63) is 29.8 Å². The molecule has 1 heterocycles. The van der Waals surface area contributed by atoms with Crippen LogP contribution in [0.1, 0.15) is 12.0 Å². The highest BCUT2D eigenvalue weighted by Crippen LogP contribution is 2.16. The maximum atomic E-state index is 11.3. The lowest BCUT2D eigenvalue weighted by molar-refractivity contribution is -0.603. The molecule has 2 N–H and O–H groups in total. The van der Waals surface area contributed by atoms with Gasteiger partial charge in [-0.1, -0.05) is 18.2 Å². The Balaban J connectivity index is 0.00000112. The van der Waals surface area contributed by atoms with Crippen LogP contribution in [0.2, 0.25) is 0 Å². The maximum Gasteiger partial charge on any atom is 0.364 e. The molecule has 0 saturated heterocycles. The number of rotatable bonds is 1. The molecule has 0 aliphatic carbocycles. The number of carbonyl (C=O) groups is 1. The second kappa shape index (κ2) is 5.14. The summed E-state index contributed by atoms with van der Waals surface area (Å²) < 4.78 is 4.73. The van der Waals surface area contributed by atoms with E-state index in [0.29, 0.717) is 0 Å². The van der Waals surface area contributed by atoms with E-state index in [4.69, 9.17) is 4.74 Å². The second-order valence-corrected chi connectivity index (χ2v) is 3.53. The van der Waals surface area contributed by atoms with Gasteiger partial charge in [0.25, 0.3) is 0 Å². The fourth-order valence-corrected chi connectivity index (χ4v) is 1.87. The molecule has 1 aliphatic rings. The van der Waals surface area contributed by atoms with E-state index in [0.717, 1.165) is 12.8 Å². The van der Waals surface area contributed by atoms with Crippen molar-refractivity contribution < 1.29 is 27.3 Å². The maximum absolute atomic E-state index is 11.3. The van der Waals surface area contributed by atoms with Crippen molar-refractivity contribution in [3.63, 3.8) is 0 Å². The molecule has 1 unspecified atom stereocenters. The predicted molar refractivity (Wildman–Crippen MR) is 52.2 cm³/mol. The quantitative estimate of drug-likeness (QED) is 0.422. The summed E-state index contributed by atoms with van der Waals surface area (Å²) in [6.07, 6.45) is 1.83. The zero-order valence-electron chi connectivity index (χ0n) is 8.57. The van der Waals surface area contributed by atoms with Gasteiger partial charge in [-0.3, -0.25) is 0 Å². The summed E-state index contributed by atoms with van der Waals surface area (Å²) in [5.41, 5.74) is 2.50. The molecule has 1 aromatic rings. The van der Waals surface area contributed by atoms with Crippen LogP contribution in [0.3, 0.4) is 0 Å². The molecule has 1 atom stereocenters. The summed E-state index contributed by atoms with van der Waals surface area (Å²) in [7, 11) is 1.44. The van der Waals surface area contributed by atoms with Crippen LogP contribution < -0.4 is 17.7 Å². The molecule has 1 aromatic carbocycles. The van der Waals surface area contributed by atoms with E-state index >= 15 is 0 Å². The van der Waals surface area contributed by atoms with Crippen molar-refractivity contribution in [1.29, 1.82) is 0 Å². The van der Waals surface area contributed by atoms with Crippen LogP contribution in [0.4, 0.5) is 5.69 Å². The largest absolute Gasteiger partial charge is 1.00 e. The summed E-state index contributed by atoms with van der Waals surface area (Å²) in [4.78, 5) is 11.3. The first-order chi connectivity index (χ1) is 6.81. The third kappa shape index (κ3) is 2.49. The fourth-order valence-electron chi connectivity index (χ4n) is 1.87. The Morgan fingerprint density at radius 2 is 2.20 bits per heavy atom. The summed E-state index contributed by atoms with van der Waals surface area (Å²) in [6.45, 7) is 0. The average Bonchev–Trinajstić information content (AvgIpc) is 2.27. The van der Waals surface area contributed by atoms with Gasteiger partial charge in [0.05, 0.1) is 7.11 Å². The van der Waals surface area contributed by atoms with Crippen molar-refractivity contribution in [2.45, 2.75) is 18.9 Å². The fraction of sp³-hybridized carbons (Fsp3) is 0.364. The van der Waals surface area contributed by atoms with Crippen molar-refractivity contribution in [2.24, 2.45) is 0 Å². The van der Waals surface area contributed by atoms with Crippen LogP contribution in [0, 0.1) is 0 Å². The number of hydrogen-bond acceptors (Lipinski definition) is 2. The minimum absolute atomic E-state index is 0. The van der Waals surface area contributed by atoms with E-state index in [1.54, 1.807) is 0 Å². The molecule has 0 amide bonds. The van der Waals surface area contributed by atoms with E-state index in [1.165, 1.54) is 18.4 Å². The number of esters is 1. The van der Waals surface area contributed by atoms with E-state index in [9.17, 15) is 4.79 Å². The van der Waals surface area contributed by atoms with Gasteiger partial charge < -0.3 is 22.5 Å². The van der Waals surface area contributed by atoms with Gasteiger partial charge in [-0.25, -0.2) is 4.79 Å². The van der Waals surface area contributed by atoms with E-state index in [2.05, 4.69) is 6.07 Å². The summed E-state index contributed by atoms with van der Waals surface area (Å²) in [5, 5.41) is 2.00. The normalized spacial score (nSPS) is 18.6. The number of hydrogen-bond donors (Lipinski definition) is 1. The van der Waals surface area contributed by atoms with Crippen LogP contribution in [0.25, 0.3) is 0 Å². The molecule has 0 fully saturated rings. The third-order valence-corrected chi connectivity index (χ3v) is 2.66. The van der Waals surface area contributed by atoms with Crippen LogP contribution in [0.5, 0.6) is 0 Å². The number of fused-ring (bicyclic) bond motifs is 1. The number of carbonyl (C=O) groups excluding carboxylic acids is 1. The van der Waals surface area contributed by atoms with Crippen molar-refractivity contribution in [2.75, 3.05) is 7.11 Å². The lowest BCUT2D eigenvalue weighted by atomic mass is 9.98. The Morgan fingerprint density at radius 3 is 2.93 bits per heavy atom. The third-order valence-electron chi connectivity index (χ3n) is 2.66. The van der Waals surface area contributed by atoms with Gasteiger partial charge in [-0.05, 0) is 12.5 Å². The minimum Gasteiger partial charge on any atom is -1.00 e. The Hall–Kier alpha value is -1.06. The zero-order valence-corrected chi connectivity index (χ0v) is 9.33. The van der Waals surface area contributed by atoms with Gasteiger partial charge in [0.2, 0.25) is 0 Å². The number of nitrogens with two attached hydrogens (primary N) is 1. The van der Waals surface area contributed by atoms with Crippen LogP contribution in [0.15, 0.2) is 24.3 Å². The topological polar surface area (TPSA) is 42.9 Å². The van der Waals surface area contributed by atoms with Crippen molar-refractivity contribution in [1.82, 2.24) is 0 Å². The van der Waals surface area contributed by atoms with Crippen LogP contribution >= 0.6 is 0 Å². The van der Waals surface area contributed by atoms with Gasteiger partial charge in [0, 0.05) is 12.0 Å². The summed E-state index contributed by atoms with van der Waals surface area (Å²) in [6, 6.07) is 8.12. The lowest BCUT2D eigenvalue weighted by Gasteiger charge is -2.19. The Labute approximate surface area is 95.2 Å². The molecule has 0 bridgehead atoms. The molecule has 82 valence electrons. The van der Waals surface area contributed by atoms with Gasteiger partial charge >= 0.3 is 5.97 Å². The molecule has 0 saturated carbocycles. The van der Waals surface area contributed by atoms with Crippen molar-refractivity contribution in [3.8, 4) is 0 Å². The van der Waals surface area contributed by atoms with E-state index < -0.39 is 0 Å². The van der Waals surface area contributed by atoms with E-state index in [-0.39, 0.29) is 24.4 Å². The second-order valence-electron chi connectivity index (χ2n) is 3.53. The average molecular weight is 228 g/mol. The predicted octanol–water partition coefficient (Wildman–Crippen LogP) is -2.63. The molecule has 0 aromatic heterocycles. The first-order valence-corrected chi connectivity index (χ1v) is 4.82. The number of methoxy groups -OCH3 is 1. The first-order valence-electron chi connectivity index (χ1n) is 4.82. The summed E-state index contributed by atoms with van der Waals surface area (Å²) >= 11 is 0. The van der Waals surface area contributed by atoms with Gasteiger partial charge in [-0.2, -0.15) is 0 Å². The molecule has 4 heteroatoms. The van der Waals surface area contributed by atoms with Gasteiger partial charge in [0.15, 0.2) is 6.04 Å². The highest BCUT2D eigenvalue weighted by atomic mass is 35.5. The number of ether oxygens (including phenoxy) is 1. The van der Waals surface area contributed by atoms with Gasteiger partial charge in [-0.15, -0.1) is 0 Å². The molecular formula is C11H14ClNO2. The molecule has 3 nitrogen and oxygen atoms in total. The van der Waals surface area contributed by atoms with Gasteiger partial charge in [0.1, 0.15) is 5.69 Å². The molecule has 0 radical (unpaired) electrons. The van der Waals surface area contributed by atoms with E-state index in [1.807, 2.05) is 23.5 Å². The van der Waals surface area contributed by atoms with Crippen LogP contribution in [-0.4, -0.2) is 19.1 Å². The zero-order chi connectivity index (χ0) is 9.97. The SMILES string of the molecule is COC(=O)C1CCc2ccccc2[NH2+]1.[Cl-]. The highest BCUT2D eigenvalue weighted by Gasteiger charge is 2.28. The summed E-state index contributed by atoms with van der Waals surface area (Å²) in [5.74, 6) is -0.125. The number of quaternary nitrogens is 1. The first kappa shape index (κ1) is 12.0. The van der Waals surface area contributed by atoms with Crippen molar-refractivity contribution >= 4 is 11.7 Å². The lowest BCUT2D eigenvalue weighted by Crippen LogP contribution is -3.00. The van der Waals surface area contributed by atoms with Crippen LogP contribution in [-0.2, 0) is 16.0 Å². The molecular weight excluding hydrogens is 214 g/mol. The number of halogens is 1. The molecule has 15 heavy (non-hydrogen) atoms. The smallest absolute Gasteiger partial charge is 0.364 e. The monoisotopic (exact) mass is 227 g/mol. The molecule has 1 aliphatic heterocycles. The number of aryl methyl sites for hydroxylation is 1. The Bertz CT molecular complexity index is 354. The standard InChI is InChI=1S/C11H13NO2.ClH/c1-14-11(13)10-7-6-8-4-2-3-5-9(8)12-10;/h2-5,10,12H,6-7H2,1H3;1H. The Kier molecular flexibility index (Phi) is 4.12. The molecule has 0 spiro atoms. The number of para-hydroxylation sites is 1. The molecule has 2 rings (SSSR count). The minimum atomic E-state index is -0.125.